The quantitative estimate of drug-likeness (QED) is 0.545. The molecule has 1 heterocycles. The number of pyridine rings is 1. The Morgan fingerprint density at radius 3 is 2.76 bits per heavy atom. The van der Waals surface area contributed by atoms with E-state index in [9.17, 15) is 19.1 Å². The van der Waals surface area contributed by atoms with Crippen LogP contribution in [0.5, 0.6) is 0 Å². The van der Waals surface area contributed by atoms with Gasteiger partial charge >= 0.3 is 0 Å². The molecule has 0 bridgehead atoms. The molecule has 116 valence electrons. The van der Waals surface area contributed by atoms with Crippen molar-refractivity contribution in [1.82, 2.24) is 10.3 Å². The summed E-state index contributed by atoms with van der Waals surface area (Å²) in [4.78, 5) is 26.1. The molecule has 0 aliphatic carbocycles. The maximum atomic E-state index is 12.1. The molecule has 0 fully saturated rings. The third-order valence-corrected chi connectivity index (χ3v) is 3.91. The van der Waals surface area contributed by atoms with E-state index in [0.717, 1.165) is 6.20 Å². The molecule has 8 nitrogen and oxygen atoms in total. The van der Waals surface area contributed by atoms with Crippen molar-refractivity contribution < 1.29 is 13.9 Å². The van der Waals surface area contributed by atoms with Crippen LogP contribution in [0.2, 0.25) is 0 Å². The Hall–Kier alpha value is -2.03. The van der Waals surface area contributed by atoms with Crippen molar-refractivity contribution >= 4 is 28.2 Å². The molecule has 1 amide bonds. The molecule has 0 aliphatic heterocycles. The molecule has 0 radical (unpaired) electrons. The van der Waals surface area contributed by atoms with Crippen LogP contribution in [0.3, 0.4) is 0 Å². The van der Waals surface area contributed by atoms with Crippen molar-refractivity contribution in [3.05, 3.63) is 27.9 Å². The van der Waals surface area contributed by atoms with Gasteiger partial charge in [0.05, 0.1) is 10.5 Å². The molecule has 0 saturated carbocycles. The van der Waals surface area contributed by atoms with Gasteiger partial charge in [-0.25, -0.2) is 4.98 Å². The van der Waals surface area contributed by atoms with E-state index >= 15 is 0 Å². The highest BCUT2D eigenvalue weighted by molar-refractivity contribution is 7.84. The number of nitrogens with zero attached hydrogens (tertiary/aromatic N) is 2. The van der Waals surface area contributed by atoms with Crippen LogP contribution < -0.4 is 10.6 Å². The van der Waals surface area contributed by atoms with Crippen LogP contribution in [0, 0.1) is 10.1 Å². The zero-order valence-corrected chi connectivity index (χ0v) is 12.7. The minimum Gasteiger partial charge on any atom is -0.370 e. The predicted octanol–water partition coefficient (Wildman–Crippen LogP) is 0.920. The van der Waals surface area contributed by atoms with Crippen molar-refractivity contribution in [3.8, 4) is 0 Å². The van der Waals surface area contributed by atoms with Crippen LogP contribution in [-0.2, 0) is 10.8 Å². The number of anilines is 1. The van der Waals surface area contributed by atoms with E-state index in [1.54, 1.807) is 6.92 Å². The lowest BCUT2D eigenvalue weighted by atomic mass is 10.2. The number of rotatable bonds is 8. The first-order valence-electron chi connectivity index (χ1n) is 6.51. The zero-order valence-electron chi connectivity index (χ0n) is 11.9. The smallest absolute Gasteiger partial charge is 0.288 e. The molecular weight excluding hydrogens is 296 g/mol. The van der Waals surface area contributed by atoms with Crippen molar-refractivity contribution in [2.75, 3.05) is 29.9 Å². The minimum atomic E-state index is -0.974. The molecule has 1 unspecified atom stereocenters. The van der Waals surface area contributed by atoms with Crippen LogP contribution in [0.15, 0.2) is 12.3 Å². The standard InChI is InChI=1S/C12H18N4O4S/c1-3-13-11-10(7-9(8-15-11)16(18)19)12(17)14-5-6-21(20)4-2/h7-8H,3-6H2,1-2H3,(H,13,15)(H,14,17). The molecule has 0 aliphatic rings. The zero-order chi connectivity index (χ0) is 15.8. The third-order valence-electron chi connectivity index (χ3n) is 2.61. The van der Waals surface area contributed by atoms with Gasteiger partial charge in [0, 0.05) is 41.5 Å². The summed E-state index contributed by atoms with van der Waals surface area (Å²) in [6, 6.07) is 1.18. The Morgan fingerprint density at radius 1 is 1.48 bits per heavy atom. The van der Waals surface area contributed by atoms with Gasteiger partial charge in [-0.05, 0) is 6.92 Å². The number of carbonyl (C=O) groups excluding carboxylic acids is 1. The number of nitrogens with one attached hydrogen (secondary N) is 2. The number of hydrogen-bond donors (Lipinski definition) is 2. The maximum absolute atomic E-state index is 12.1. The van der Waals surface area contributed by atoms with Gasteiger partial charge in [0.1, 0.15) is 12.0 Å². The summed E-state index contributed by atoms with van der Waals surface area (Å²) in [6.07, 6.45) is 1.10. The number of amides is 1. The van der Waals surface area contributed by atoms with Gasteiger partial charge in [0.25, 0.3) is 11.6 Å². The fourth-order valence-corrected chi connectivity index (χ4v) is 2.17. The highest BCUT2D eigenvalue weighted by Gasteiger charge is 2.17. The second-order valence-electron chi connectivity index (χ2n) is 4.07. The molecule has 0 aromatic carbocycles. The molecule has 9 heteroatoms. The monoisotopic (exact) mass is 314 g/mol. The SMILES string of the molecule is CCNc1ncc([N+](=O)[O-])cc1C(=O)NCCS(=O)CC. The summed E-state index contributed by atoms with van der Waals surface area (Å²) in [5.74, 6) is 0.685. The molecule has 0 saturated heterocycles. The predicted molar refractivity (Wildman–Crippen MR) is 80.9 cm³/mol. The van der Waals surface area contributed by atoms with Crippen LogP contribution >= 0.6 is 0 Å². The number of hydrogen-bond acceptors (Lipinski definition) is 6. The van der Waals surface area contributed by atoms with Crippen molar-refractivity contribution in [2.24, 2.45) is 0 Å². The first-order chi connectivity index (χ1) is 9.99. The summed E-state index contributed by atoms with van der Waals surface area (Å²) >= 11 is 0. The topological polar surface area (TPSA) is 114 Å². The minimum absolute atomic E-state index is 0.105. The van der Waals surface area contributed by atoms with Crippen LogP contribution in [0.4, 0.5) is 11.5 Å². The first kappa shape index (κ1) is 17.0. The maximum Gasteiger partial charge on any atom is 0.288 e. The fourth-order valence-electron chi connectivity index (χ4n) is 1.55. The summed E-state index contributed by atoms with van der Waals surface area (Å²) in [6.45, 7) is 4.40. The van der Waals surface area contributed by atoms with Gasteiger partial charge < -0.3 is 10.6 Å². The molecule has 0 spiro atoms. The average Bonchev–Trinajstić information content (AvgIpc) is 2.47. The normalized spacial score (nSPS) is 11.7. The van der Waals surface area contributed by atoms with E-state index in [1.807, 2.05) is 6.92 Å². The highest BCUT2D eigenvalue weighted by Crippen LogP contribution is 2.18. The van der Waals surface area contributed by atoms with Gasteiger partial charge in [-0.2, -0.15) is 0 Å². The second kappa shape index (κ2) is 8.30. The number of aromatic nitrogens is 1. The molecule has 1 atom stereocenters. The average molecular weight is 314 g/mol. The fraction of sp³-hybridized carbons (Fsp3) is 0.500. The lowest BCUT2D eigenvalue weighted by molar-refractivity contribution is -0.385. The summed E-state index contributed by atoms with van der Waals surface area (Å²) in [7, 11) is -0.974. The lowest BCUT2D eigenvalue weighted by Gasteiger charge is -2.09. The molecule has 1 rings (SSSR count). The van der Waals surface area contributed by atoms with Gasteiger partial charge in [0.2, 0.25) is 0 Å². The Bertz CT molecular complexity index is 550. The summed E-state index contributed by atoms with van der Waals surface area (Å²) in [5, 5.41) is 16.2. The molecule has 1 aromatic heterocycles. The van der Waals surface area contributed by atoms with Crippen molar-refractivity contribution in [1.29, 1.82) is 0 Å². The van der Waals surface area contributed by atoms with E-state index < -0.39 is 21.6 Å². The third kappa shape index (κ3) is 5.10. The van der Waals surface area contributed by atoms with Gasteiger partial charge in [-0.3, -0.25) is 19.1 Å². The second-order valence-corrected chi connectivity index (χ2v) is 5.93. The van der Waals surface area contributed by atoms with Crippen LogP contribution in [0.1, 0.15) is 24.2 Å². The van der Waals surface area contributed by atoms with Crippen molar-refractivity contribution in [2.45, 2.75) is 13.8 Å². The number of nitro groups is 1. The summed E-state index contributed by atoms with van der Waals surface area (Å²) < 4.78 is 11.3. The molecular formula is C12H18N4O4S. The highest BCUT2D eigenvalue weighted by atomic mass is 32.2. The Labute approximate surface area is 124 Å². The van der Waals surface area contributed by atoms with Gasteiger partial charge in [-0.1, -0.05) is 6.92 Å². The molecule has 2 N–H and O–H groups in total. The largest absolute Gasteiger partial charge is 0.370 e. The van der Waals surface area contributed by atoms with Crippen molar-refractivity contribution in [3.63, 3.8) is 0 Å². The summed E-state index contributed by atoms with van der Waals surface area (Å²) in [5.41, 5.74) is -0.146. The van der Waals surface area contributed by atoms with Gasteiger partial charge in [-0.15, -0.1) is 0 Å². The van der Waals surface area contributed by atoms with Crippen LogP contribution in [-0.4, -0.2) is 44.6 Å². The lowest BCUT2D eigenvalue weighted by Crippen LogP contribution is -2.29. The van der Waals surface area contributed by atoms with E-state index in [-0.39, 0.29) is 23.6 Å². The Balaban J connectivity index is 2.86. The van der Waals surface area contributed by atoms with Crippen LogP contribution in [0.25, 0.3) is 0 Å². The van der Waals surface area contributed by atoms with Gasteiger partial charge in [0.15, 0.2) is 0 Å². The molecule has 21 heavy (non-hydrogen) atoms. The number of carbonyl (C=O) groups is 1. The Kier molecular flexibility index (Phi) is 6.73. The Morgan fingerprint density at radius 2 is 2.19 bits per heavy atom. The van der Waals surface area contributed by atoms with E-state index in [0.29, 0.717) is 18.1 Å². The van der Waals surface area contributed by atoms with E-state index in [1.165, 1.54) is 6.07 Å². The van der Waals surface area contributed by atoms with E-state index in [2.05, 4.69) is 15.6 Å². The van der Waals surface area contributed by atoms with E-state index in [4.69, 9.17) is 0 Å². The molecule has 1 aromatic rings. The first-order valence-corrected chi connectivity index (χ1v) is 7.99.